The highest BCUT2D eigenvalue weighted by molar-refractivity contribution is 9.10. The van der Waals surface area contributed by atoms with Crippen LogP contribution in [0, 0.1) is 0 Å². The summed E-state index contributed by atoms with van der Waals surface area (Å²) in [5.74, 6) is 0. The van der Waals surface area contributed by atoms with Crippen LogP contribution in [-0.2, 0) is 21.3 Å². The Morgan fingerprint density at radius 2 is 2.25 bits per heavy atom. The summed E-state index contributed by atoms with van der Waals surface area (Å²) in [5, 5.41) is 0. The number of rotatable bonds is 6. The third kappa shape index (κ3) is 4.02. The maximum atomic E-state index is 12.2. The minimum Gasteiger partial charge on any atom is -0.378 e. The Morgan fingerprint density at radius 1 is 1.45 bits per heavy atom. The summed E-state index contributed by atoms with van der Waals surface area (Å²) in [4.78, 5) is 0.238. The molecular formula is C13H19BrN2O3S. The van der Waals surface area contributed by atoms with Gasteiger partial charge in [-0.25, -0.2) is 13.1 Å². The van der Waals surface area contributed by atoms with Crippen LogP contribution in [0.4, 0.5) is 0 Å². The molecule has 0 radical (unpaired) electrons. The fraction of sp³-hybridized carbons (Fsp3) is 0.538. The molecule has 1 saturated heterocycles. The Hall–Kier alpha value is -0.470. The van der Waals surface area contributed by atoms with E-state index in [0.29, 0.717) is 24.0 Å². The van der Waals surface area contributed by atoms with Crippen molar-refractivity contribution in [2.45, 2.75) is 36.8 Å². The van der Waals surface area contributed by atoms with Gasteiger partial charge >= 0.3 is 0 Å². The monoisotopic (exact) mass is 362 g/mol. The van der Waals surface area contributed by atoms with E-state index < -0.39 is 10.0 Å². The molecule has 1 unspecified atom stereocenters. The summed E-state index contributed by atoms with van der Waals surface area (Å²) in [5.41, 5.74) is 6.41. The van der Waals surface area contributed by atoms with E-state index in [-0.39, 0.29) is 11.0 Å². The van der Waals surface area contributed by atoms with E-state index >= 15 is 0 Å². The van der Waals surface area contributed by atoms with Crippen LogP contribution in [0.1, 0.15) is 24.8 Å². The van der Waals surface area contributed by atoms with Crippen LogP contribution in [0.25, 0.3) is 0 Å². The van der Waals surface area contributed by atoms with Gasteiger partial charge < -0.3 is 10.5 Å². The molecule has 112 valence electrons. The normalized spacial score (nSPS) is 19.4. The number of hydrogen-bond acceptors (Lipinski definition) is 4. The number of ether oxygens (including phenoxy) is 1. The molecule has 1 aliphatic heterocycles. The summed E-state index contributed by atoms with van der Waals surface area (Å²) >= 11 is 3.28. The minimum atomic E-state index is -3.50. The van der Waals surface area contributed by atoms with Gasteiger partial charge in [0.05, 0.1) is 11.0 Å². The fourth-order valence-electron chi connectivity index (χ4n) is 2.19. The molecule has 2 rings (SSSR count). The van der Waals surface area contributed by atoms with Crippen molar-refractivity contribution in [3.8, 4) is 0 Å². The molecule has 1 atom stereocenters. The number of nitrogens with two attached hydrogens (primary N) is 1. The van der Waals surface area contributed by atoms with Crippen LogP contribution in [0.2, 0.25) is 0 Å². The third-order valence-corrected chi connectivity index (χ3v) is 5.74. The van der Waals surface area contributed by atoms with Gasteiger partial charge in [-0.2, -0.15) is 0 Å². The Bertz CT molecular complexity index is 557. The molecule has 1 fully saturated rings. The third-order valence-electron chi connectivity index (χ3n) is 3.30. The maximum absolute atomic E-state index is 12.2. The van der Waals surface area contributed by atoms with Crippen LogP contribution in [0.3, 0.4) is 0 Å². The van der Waals surface area contributed by atoms with Gasteiger partial charge in [0, 0.05) is 24.2 Å². The van der Waals surface area contributed by atoms with Crippen molar-refractivity contribution < 1.29 is 13.2 Å². The first-order valence-electron chi connectivity index (χ1n) is 6.62. The topological polar surface area (TPSA) is 81.4 Å². The van der Waals surface area contributed by atoms with E-state index in [1.165, 1.54) is 0 Å². The van der Waals surface area contributed by atoms with Gasteiger partial charge in [-0.15, -0.1) is 0 Å². The average Bonchev–Trinajstić information content (AvgIpc) is 2.91. The summed E-state index contributed by atoms with van der Waals surface area (Å²) in [6.45, 7) is 1.55. The van der Waals surface area contributed by atoms with E-state index in [9.17, 15) is 8.42 Å². The van der Waals surface area contributed by atoms with Crippen LogP contribution in [0.5, 0.6) is 0 Å². The predicted molar refractivity (Wildman–Crippen MR) is 80.8 cm³/mol. The Morgan fingerprint density at radius 3 is 2.85 bits per heavy atom. The van der Waals surface area contributed by atoms with Crippen molar-refractivity contribution in [2.24, 2.45) is 5.73 Å². The van der Waals surface area contributed by atoms with Crippen LogP contribution in [-0.4, -0.2) is 27.7 Å². The SMILES string of the molecule is NCc1ccc(S(=O)(=O)NCCC2CCCO2)c(Br)c1. The zero-order chi connectivity index (χ0) is 14.6. The molecule has 0 aromatic heterocycles. The lowest BCUT2D eigenvalue weighted by Gasteiger charge is -2.12. The summed E-state index contributed by atoms with van der Waals surface area (Å²) < 4.78 is 33.0. The number of hydrogen-bond donors (Lipinski definition) is 2. The summed E-state index contributed by atoms with van der Waals surface area (Å²) in [6.07, 6.45) is 2.96. The second-order valence-corrected chi connectivity index (χ2v) is 7.38. The smallest absolute Gasteiger partial charge is 0.241 e. The first kappa shape index (κ1) is 15.9. The van der Waals surface area contributed by atoms with Gasteiger partial charge in [-0.05, 0) is 52.9 Å². The second-order valence-electron chi connectivity index (χ2n) is 4.79. The molecule has 3 N–H and O–H groups in total. The molecule has 1 aromatic rings. The maximum Gasteiger partial charge on any atom is 0.241 e. The predicted octanol–water partition coefficient (Wildman–Crippen LogP) is 1.76. The Balaban J connectivity index is 1.98. The standard InChI is InChI=1S/C13H19BrN2O3S/c14-12-8-10(9-15)3-4-13(12)20(17,18)16-6-5-11-2-1-7-19-11/h3-4,8,11,16H,1-2,5-7,9,15H2. The number of halogens is 1. The Kier molecular flexibility index (Phi) is 5.57. The average molecular weight is 363 g/mol. The second kappa shape index (κ2) is 7.00. The van der Waals surface area contributed by atoms with Gasteiger partial charge in [0.1, 0.15) is 0 Å². The molecule has 0 saturated carbocycles. The molecular weight excluding hydrogens is 344 g/mol. The van der Waals surface area contributed by atoms with E-state index in [0.717, 1.165) is 25.0 Å². The number of benzene rings is 1. The van der Waals surface area contributed by atoms with Gasteiger partial charge in [0.15, 0.2) is 0 Å². The van der Waals surface area contributed by atoms with Crippen molar-refractivity contribution in [1.29, 1.82) is 0 Å². The van der Waals surface area contributed by atoms with E-state index in [4.69, 9.17) is 10.5 Å². The fourth-order valence-corrected chi connectivity index (χ4v) is 4.36. The zero-order valence-corrected chi connectivity index (χ0v) is 13.5. The van der Waals surface area contributed by atoms with Gasteiger partial charge in [0.25, 0.3) is 0 Å². The van der Waals surface area contributed by atoms with Crippen molar-refractivity contribution in [3.05, 3.63) is 28.2 Å². The number of nitrogens with one attached hydrogen (secondary N) is 1. The number of sulfonamides is 1. The van der Waals surface area contributed by atoms with Gasteiger partial charge in [-0.3, -0.25) is 0 Å². The van der Waals surface area contributed by atoms with Crippen LogP contribution in [0.15, 0.2) is 27.6 Å². The molecule has 20 heavy (non-hydrogen) atoms. The van der Waals surface area contributed by atoms with Gasteiger partial charge in [-0.1, -0.05) is 6.07 Å². The molecule has 0 amide bonds. The lowest BCUT2D eigenvalue weighted by Crippen LogP contribution is -2.27. The molecule has 0 aliphatic carbocycles. The summed E-state index contributed by atoms with van der Waals surface area (Å²) in [6, 6.07) is 5.02. The van der Waals surface area contributed by atoms with Crippen molar-refractivity contribution >= 4 is 26.0 Å². The summed E-state index contributed by atoms with van der Waals surface area (Å²) in [7, 11) is -3.50. The minimum absolute atomic E-state index is 0.181. The van der Waals surface area contributed by atoms with Gasteiger partial charge in [0.2, 0.25) is 10.0 Å². The largest absolute Gasteiger partial charge is 0.378 e. The quantitative estimate of drug-likeness (QED) is 0.807. The molecule has 1 aromatic carbocycles. The van der Waals surface area contributed by atoms with Crippen LogP contribution >= 0.6 is 15.9 Å². The molecule has 5 nitrogen and oxygen atoms in total. The lowest BCUT2D eigenvalue weighted by molar-refractivity contribution is 0.105. The first-order chi connectivity index (χ1) is 9.53. The van der Waals surface area contributed by atoms with Crippen molar-refractivity contribution in [2.75, 3.05) is 13.2 Å². The highest BCUT2D eigenvalue weighted by Crippen LogP contribution is 2.23. The van der Waals surface area contributed by atoms with Crippen LogP contribution < -0.4 is 10.5 Å². The lowest BCUT2D eigenvalue weighted by atomic mass is 10.2. The molecule has 1 aliphatic rings. The molecule has 1 heterocycles. The molecule has 7 heteroatoms. The van der Waals surface area contributed by atoms with E-state index in [1.807, 2.05) is 0 Å². The van der Waals surface area contributed by atoms with Crippen molar-refractivity contribution in [1.82, 2.24) is 4.72 Å². The van der Waals surface area contributed by atoms with Crippen molar-refractivity contribution in [3.63, 3.8) is 0 Å². The Labute approximate surface area is 128 Å². The first-order valence-corrected chi connectivity index (χ1v) is 8.90. The molecule has 0 spiro atoms. The molecule has 0 bridgehead atoms. The highest BCUT2D eigenvalue weighted by atomic mass is 79.9. The highest BCUT2D eigenvalue weighted by Gasteiger charge is 2.20. The zero-order valence-electron chi connectivity index (χ0n) is 11.1. The van der Waals surface area contributed by atoms with E-state index in [2.05, 4.69) is 20.7 Å². The van der Waals surface area contributed by atoms with E-state index in [1.54, 1.807) is 18.2 Å².